The molecule has 0 radical (unpaired) electrons. The fourth-order valence-electron chi connectivity index (χ4n) is 1.51. The van der Waals surface area contributed by atoms with Crippen molar-refractivity contribution in [2.24, 2.45) is 5.92 Å². The van der Waals surface area contributed by atoms with Crippen LogP contribution < -0.4 is 5.32 Å². The van der Waals surface area contributed by atoms with Crippen molar-refractivity contribution < 1.29 is 14.7 Å². The molecular formula is C10H18N2O3. The molecular weight excluding hydrogens is 196 g/mol. The molecule has 0 spiro atoms. The standard InChI is InChI=1S/C10H18N2O3/c1-3-7-6-8(7)11-10(15)12(2)5-4-9(13)14/h7-8H,3-6H2,1-2H3,(H,11,15)(H,13,14)/t7-,8-/m1/s1. The lowest BCUT2D eigenvalue weighted by Crippen LogP contribution is -2.39. The van der Waals surface area contributed by atoms with E-state index in [0.717, 1.165) is 12.8 Å². The molecule has 5 nitrogen and oxygen atoms in total. The van der Waals surface area contributed by atoms with Gasteiger partial charge in [-0.05, 0) is 12.3 Å². The first-order valence-electron chi connectivity index (χ1n) is 5.28. The average molecular weight is 214 g/mol. The molecule has 0 aromatic carbocycles. The summed E-state index contributed by atoms with van der Waals surface area (Å²) in [5, 5.41) is 11.3. The molecule has 0 aromatic heterocycles. The number of hydrogen-bond donors (Lipinski definition) is 2. The second-order valence-electron chi connectivity index (χ2n) is 4.03. The zero-order valence-corrected chi connectivity index (χ0v) is 9.19. The summed E-state index contributed by atoms with van der Waals surface area (Å²) < 4.78 is 0. The number of nitrogens with one attached hydrogen (secondary N) is 1. The fourth-order valence-corrected chi connectivity index (χ4v) is 1.51. The van der Waals surface area contributed by atoms with Crippen LogP contribution in [0, 0.1) is 5.92 Å². The first kappa shape index (κ1) is 11.8. The third kappa shape index (κ3) is 3.77. The fraction of sp³-hybridized carbons (Fsp3) is 0.800. The van der Waals surface area contributed by atoms with E-state index in [1.807, 2.05) is 0 Å². The average Bonchev–Trinajstić information content (AvgIpc) is 2.92. The van der Waals surface area contributed by atoms with E-state index >= 15 is 0 Å². The minimum atomic E-state index is -0.882. The molecule has 0 saturated heterocycles. The van der Waals surface area contributed by atoms with Crippen LogP contribution in [0.25, 0.3) is 0 Å². The summed E-state index contributed by atoms with van der Waals surface area (Å²) in [7, 11) is 1.61. The Balaban J connectivity index is 2.19. The Labute approximate surface area is 89.4 Å². The predicted octanol–water partition coefficient (Wildman–Crippen LogP) is 0.901. The van der Waals surface area contributed by atoms with Crippen molar-refractivity contribution in [1.29, 1.82) is 0 Å². The molecule has 0 unspecified atom stereocenters. The highest BCUT2D eigenvalue weighted by Crippen LogP contribution is 2.33. The molecule has 1 aliphatic rings. The molecule has 15 heavy (non-hydrogen) atoms. The number of rotatable bonds is 5. The zero-order valence-electron chi connectivity index (χ0n) is 9.19. The van der Waals surface area contributed by atoms with Gasteiger partial charge in [0.25, 0.3) is 0 Å². The maximum absolute atomic E-state index is 11.5. The number of hydrogen-bond acceptors (Lipinski definition) is 2. The topological polar surface area (TPSA) is 69.6 Å². The van der Waals surface area contributed by atoms with Crippen LogP contribution in [0.1, 0.15) is 26.2 Å². The van der Waals surface area contributed by atoms with Gasteiger partial charge in [0, 0.05) is 19.6 Å². The number of carboxylic acids is 1. The largest absolute Gasteiger partial charge is 0.481 e. The van der Waals surface area contributed by atoms with Crippen LogP contribution in [-0.4, -0.2) is 41.6 Å². The zero-order chi connectivity index (χ0) is 11.4. The van der Waals surface area contributed by atoms with Crippen LogP contribution in [0.15, 0.2) is 0 Å². The lowest BCUT2D eigenvalue weighted by molar-refractivity contribution is -0.137. The van der Waals surface area contributed by atoms with Crippen molar-refractivity contribution in [2.75, 3.05) is 13.6 Å². The highest BCUT2D eigenvalue weighted by atomic mass is 16.4. The third-order valence-electron chi connectivity index (χ3n) is 2.76. The van der Waals surface area contributed by atoms with Gasteiger partial charge in [0.1, 0.15) is 0 Å². The summed E-state index contributed by atoms with van der Waals surface area (Å²) in [6, 6.07) is 0.131. The van der Waals surface area contributed by atoms with Gasteiger partial charge in [-0.1, -0.05) is 13.3 Å². The molecule has 0 aromatic rings. The minimum Gasteiger partial charge on any atom is -0.481 e. The van der Waals surface area contributed by atoms with E-state index in [-0.39, 0.29) is 19.0 Å². The highest BCUT2D eigenvalue weighted by molar-refractivity contribution is 5.75. The van der Waals surface area contributed by atoms with Gasteiger partial charge in [-0.25, -0.2) is 4.79 Å². The van der Waals surface area contributed by atoms with Crippen molar-refractivity contribution in [1.82, 2.24) is 10.2 Å². The van der Waals surface area contributed by atoms with Crippen molar-refractivity contribution in [2.45, 2.75) is 32.2 Å². The monoisotopic (exact) mass is 214 g/mol. The molecule has 1 rings (SSSR count). The molecule has 86 valence electrons. The molecule has 5 heteroatoms. The predicted molar refractivity (Wildman–Crippen MR) is 55.6 cm³/mol. The second kappa shape index (κ2) is 5.00. The summed E-state index contributed by atoms with van der Waals surface area (Å²) in [5.74, 6) is -0.269. The van der Waals surface area contributed by atoms with E-state index in [4.69, 9.17) is 5.11 Å². The Bertz CT molecular complexity index is 255. The molecule has 0 heterocycles. The van der Waals surface area contributed by atoms with Crippen molar-refractivity contribution >= 4 is 12.0 Å². The Morgan fingerprint density at radius 3 is 2.67 bits per heavy atom. The van der Waals surface area contributed by atoms with Crippen LogP contribution in [0.2, 0.25) is 0 Å². The van der Waals surface area contributed by atoms with E-state index in [0.29, 0.717) is 12.0 Å². The Morgan fingerprint density at radius 1 is 1.53 bits per heavy atom. The molecule has 1 saturated carbocycles. The van der Waals surface area contributed by atoms with Crippen molar-refractivity contribution in [3.05, 3.63) is 0 Å². The summed E-state index contributed by atoms with van der Waals surface area (Å²) in [6.07, 6.45) is 2.13. The Kier molecular flexibility index (Phi) is 3.94. The van der Waals surface area contributed by atoms with Crippen LogP contribution in [0.4, 0.5) is 4.79 Å². The van der Waals surface area contributed by atoms with E-state index in [1.54, 1.807) is 7.05 Å². The van der Waals surface area contributed by atoms with Crippen LogP contribution in [-0.2, 0) is 4.79 Å². The van der Waals surface area contributed by atoms with Gasteiger partial charge in [0.2, 0.25) is 0 Å². The number of amides is 2. The smallest absolute Gasteiger partial charge is 0.317 e. The van der Waals surface area contributed by atoms with Gasteiger partial charge in [-0.15, -0.1) is 0 Å². The maximum Gasteiger partial charge on any atom is 0.317 e. The maximum atomic E-state index is 11.5. The number of aliphatic carboxylic acids is 1. The SMILES string of the molecule is CC[C@@H]1C[C@H]1NC(=O)N(C)CCC(=O)O. The van der Waals surface area contributed by atoms with Crippen LogP contribution >= 0.6 is 0 Å². The molecule has 0 aliphatic heterocycles. The van der Waals surface area contributed by atoms with Gasteiger partial charge >= 0.3 is 12.0 Å². The summed E-state index contributed by atoms with van der Waals surface area (Å²) in [4.78, 5) is 23.2. The van der Waals surface area contributed by atoms with E-state index in [9.17, 15) is 9.59 Å². The molecule has 2 N–H and O–H groups in total. The summed E-state index contributed by atoms with van der Waals surface area (Å²) in [5.41, 5.74) is 0. The number of urea groups is 1. The number of carbonyl (C=O) groups is 2. The van der Waals surface area contributed by atoms with Gasteiger partial charge in [-0.2, -0.15) is 0 Å². The van der Waals surface area contributed by atoms with E-state index in [2.05, 4.69) is 12.2 Å². The third-order valence-corrected chi connectivity index (χ3v) is 2.76. The number of nitrogens with zero attached hydrogens (tertiary/aromatic N) is 1. The molecule has 0 bridgehead atoms. The van der Waals surface area contributed by atoms with Gasteiger partial charge in [-0.3, -0.25) is 4.79 Å². The van der Waals surface area contributed by atoms with Gasteiger partial charge in [0.05, 0.1) is 6.42 Å². The highest BCUT2D eigenvalue weighted by Gasteiger charge is 2.36. The second-order valence-corrected chi connectivity index (χ2v) is 4.03. The minimum absolute atomic E-state index is 0.00814. The van der Waals surface area contributed by atoms with E-state index < -0.39 is 5.97 Å². The summed E-state index contributed by atoms with van der Waals surface area (Å²) >= 11 is 0. The van der Waals surface area contributed by atoms with Crippen molar-refractivity contribution in [3.63, 3.8) is 0 Å². The Morgan fingerprint density at radius 2 is 2.20 bits per heavy atom. The van der Waals surface area contributed by atoms with Gasteiger partial charge < -0.3 is 15.3 Å². The summed E-state index contributed by atoms with van der Waals surface area (Å²) in [6.45, 7) is 2.36. The first-order chi connectivity index (χ1) is 7.04. The van der Waals surface area contributed by atoms with Gasteiger partial charge in [0.15, 0.2) is 0 Å². The first-order valence-corrected chi connectivity index (χ1v) is 5.28. The van der Waals surface area contributed by atoms with Crippen LogP contribution in [0.5, 0.6) is 0 Å². The molecule has 1 fully saturated rings. The lowest BCUT2D eigenvalue weighted by atomic mass is 10.3. The van der Waals surface area contributed by atoms with E-state index in [1.165, 1.54) is 4.90 Å². The lowest BCUT2D eigenvalue weighted by Gasteiger charge is -2.16. The number of carbonyl (C=O) groups excluding carboxylic acids is 1. The quantitative estimate of drug-likeness (QED) is 0.714. The molecule has 1 aliphatic carbocycles. The normalized spacial score (nSPS) is 23.3. The van der Waals surface area contributed by atoms with Crippen LogP contribution in [0.3, 0.4) is 0 Å². The molecule has 2 atom stereocenters. The Hall–Kier alpha value is -1.26. The molecule has 2 amide bonds. The number of carboxylic acid groups (broad SMARTS) is 1. The van der Waals surface area contributed by atoms with Crippen molar-refractivity contribution in [3.8, 4) is 0 Å².